The van der Waals surface area contributed by atoms with Crippen molar-refractivity contribution in [1.82, 2.24) is 10.2 Å². The van der Waals surface area contributed by atoms with E-state index < -0.39 is 5.60 Å². The van der Waals surface area contributed by atoms with Crippen LogP contribution < -0.4 is 24.3 Å². The summed E-state index contributed by atoms with van der Waals surface area (Å²) < 4.78 is 29.3. The molecule has 0 aromatic heterocycles. The van der Waals surface area contributed by atoms with Crippen molar-refractivity contribution in [2.75, 3.05) is 33.6 Å². The molecule has 6 rings (SSSR count). The summed E-state index contributed by atoms with van der Waals surface area (Å²) in [4.78, 5) is 14.5. The fourth-order valence-electron chi connectivity index (χ4n) is 7.06. The van der Waals surface area contributed by atoms with E-state index in [1.54, 1.807) is 7.11 Å². The average molecular weight is 591 g/mol. The zero-order chi connectivity index (χ0) is 30.0. The third-order valence-corrected chi connectivity index (χ3v) is 8.98. The SMILES string of the molecule is COc1ccc2c(c1OCCCCCCNC(=O)OC(C)(C)C)[C@@H](C1CCCC1)N1CCc3cc4c(cc3C1=C2)OCO4. The molecular formula is C35H46N2O6. The molecule has 0 saturated heterocycles. The first kappa shape index (κ1) is 29.5. The van der Waals surface area contributed by atoms with E-state index in [2.05, 4.69) is 40.6 Å². The molecule has 0 radical (unpaired) electrons. The highest BCUT2D eigenvalue weighted by Gasteiger charge is 2.41. The number of fused-ring (bicyclic) bond motifs is 5. The van der Waals surface area contributed by atoms with E-state index in [1.165, 1.54) is 53.6 Å². The lowest BCUT2D eigenvalue weighted by Crippen LogP contribution is -2.38. The second-order valence-electron chi connectivity index (χ2n) is 13.1. The minimum atomic E-state index is -0.476. The number of nitrogens with one attached hydrogen (secondary N) is 1. The van der Waals surface area contributed by atoms with Gasteiger partial charge >= 0.3 is 6.09 Å². The van der Waals surface area contributed by atoms with Gasteiger partial charge in [0, 0.05) is 29.9 Å². The highest BCUT2D eigenvalue weighted by atomic mass is 16.7. The summed E-state index contributed by atoms with van der Waals surface area (Å²) in [7, 11) is 1.74. The normalized spacial score (nSPS) is 18.8. The number of carbonyl (C=O) groups is 1. The van der Waals surface area contributed by atoms with E-state index >= 15 is 0 Å². The number of methoxy groups -OCH3 is 1. The molecule has 8 nitrogen and oxygen atoms in total. The van der Waals surface area contributed by atoms with Gasteiger partial charge < -0.3 is 33.9 Å². The molecule has 43 heavy (non-hydrogen) atoms. The first-order valence-corrected chi connectivity index (χ1v) is 16.0. The number of alkyl carbamates (subject to hydrolysis) is 1. The molecule has 0 unspecified atom stereocenters. The lowest BCUT2D eigenvalue weighted by Gasteiger charge is -2.46. The molecule has 8 heteroatoms. The van der Waals surface area contributed by atoms with Crippen molar-refractivity contribution >= 4 is 17.9 Å². The van der Waals surface area contributed by atoms with Crippen LogP contribution in [0.5, 0.6) is 23.0 Å². The minimum Gasteiger partial charge on any atom is -0.493 e. The van der Waals surface area contributed by atoms with Crippen molar-refractivity contribution in [2.45, 2.75) is 90.2 Å². The summed E-state index contributed by atoms with van der Waals surface area (Å²) in [6.07, 6.45) is 11.9. The Bertz CT molecular complexity index is 1360. The summed E-state index contributed by atoms with van der Waals surface area (Å²) >= 11 is 0. The van der Waals surface area contributed by atoms with Crippen LogP contribution in [0.4, 0.5) is 4.79 Å². The van der Waals surface area contributed by atoms with Gasteiger partial charge in [0.15, 0.2) is 23.0 Å². The van der Waals surface area contributed by atoms with Crippen LogP contribution in [0.15, 0.2) is 24.3 Å². The first-order chi connectivity index (χ1) is 20.8. The standard InChI is InChI=1S/C35H46N2O6/c1-35(2,3)43-34(38)36-16-9-5-6-10-18-40-33-28(39-4)14-13-25-19-27-26-21-30-29(41-22-42-30)20-24(26)15-17-37(27)32(31(25)33)23-11-7-8-12-23/h13-14,19-21,23,32H,5-12,15-18,22H2,1-4H3,(H,36,38)/t32-/m1/s1. The van der Waals surface area contributed by atoms with Gasteiger partial charge in [0.05, 0.1) is 19.8 Å². The molecule has 0 spiro atoms. The van der Waals surface area contributed by atoms with Crippen molar-refractivity contribution in [1.29, 1.82) is 0 Å². The predicted octanol–water partition coefficient (Wildman–Crippen LogP) is 7.49. The second-order valence-corrected chi connectivity index (χ2v) is 13.1. The van der Waals surface area contributed by atoms with Gasteiger partial charge in [0.2, 0.25) is 6.79 Å². The van der Waals surface area contributed by atoms with Crippen molar-refractivity contribution in [3.8, 4) is 23.0 Å². The van der Waals surface area contributed by atoms with Crippen molar-refractivity contribution in [2.24, 2.45) is 5.92 Å². The zero-order valence-electron chi connectivity index (χ0n) is 26.1. The Morgan fingerprint density at radius 3 is 2.58 bits per heavy atom. The van der Waals surface area contributed by atoms with Crippen LogP contribution in [-0.4, -0.2) is 50.2 Å². The largest absolute Gasteiger partial charge is 0.493 e. The smallest absolute Gasteiger partial charge is 0.407 e. The Balaban J connectivity index is 1.18. The third kappa shape index (κ3) is 6.38. The van der Waals surface area contributed by atoms with E-state index in [9.17, 15) is 4.79 Å². The Morgan fingerprint density at radius 2 is 1.81 bits per heavy atom. The molecule has 1 atom stereocenters. The van der Waals surface area contributed by atoms with Crippen LogP contribution in [0, 0.1) is 5.92 Å². The van der Waals surface area contributed by atoms with Crippen LogP contribution in [-0.2, 0) is 11.2 Å². The molecule has 2 aromatic carbocycles. The molecule has 1 aliphatic carbocycles. The summed E-state index contributed by atoms with van der Waals surface area (Å²) in [5, 5.41) is 2.85. The number of benzene rings is 2. The summed E-state index contributed by atoms with van der Waals surface area (Å²) in [6, 6.07) is 8.85. The first-order valence-electron chi connectivity index (χ1n) is 16.0. The topological polar surface area (TPSA) is 78.5 Å². The van der Waals surface area contributed by atoms with Gasteiger partial charge in [0.25, 0.3) is 0 Å². The highest BCUT2D eigenvalue weighted by molar-refractivity contribution is 5.88. The molecule has 1 amide bonds. The number of hydrogen-bond acceptors (Lipinski definition) is 7. The monoisotopic (exact) mass is 590 g/mol. The van der Waals surface area contributed by atoms with Gasteiger partial charge in [0.1, 0.15) is 5.60 Å². The molecule has 1 fully saturated rings. The van der Waals surface area contributed by atoms with Crippen LogP contribution in [0.25, 0.3) is 11.8 Å². The van der Waals surface area contributed by atoms with E-state index in [1.807, 2.05) is 20.8 Å². The van der Waals surface area contributed by atoms with E-state index in [-0.39, 0.29) is 18.9 Å². The van der Waals surface area contributed by atoms with Crippen molar-refractivity contribution in [3.05, 3.63) is 46.5 Å². The number of carbonyl (C=O) groups excluding carboxylic acids is 1. The fraction of sp³-hybridized carbons (Fsp3) is 0.571. The number of nitrogens with zero attached hydrogens (tertiary/aromatic N) is 1. The lowest BCUT2D eigenvalue weighted by atomic mass is 9.80. The van der Waals surface area contributed by atoms with Crippen molar-refractivity contribution < 1.29 is 28.5 Å². The number of unbranched alkanes of at least 4 members (excludes halogenated alkanes) is 3. The molecule has 3 heterocycles. The van der Waals surface area contributed by atoms with Gasteiger partial charge in [-0.2, -0.15) is 0 Å². The Morgan fingerprint density at radius 1 is 1.05 bits per heavy atom. The molecule has 4 aliphatic rings. The van der Waals surface area contributed by atoms with Gasteiger partial charge in [-0.15, -0.1) is 0 Å². The Kier molecular flexibility index (Phi) is 8.64. The summed E-state index contributed by atoms with van der Waals surface area (Å²) in [6.45, 7) is 8.13. The number of amides is 1. The highest BCUT2D eigenvalue weighted by Crippen LogP contribution is 2.54. The number of hydrogen-bond donors (Lipinski definition) is 1. The maximum atomic E-state index is 11.9. The molecule has 1 saturated carbocycles. The maximum absolute atomic E-state index is 11.9. The zero-order valence-corrected chi connectivity index (χ0v) is 26.1. The Hall–Kier alpha value is -3.55. The van der Waals surface area contributed by atoms with Crippen LogP contribution in [0.2, 0.25) is 0 Å². The second kappa shape index (κ2) is 12.6. The average Bonchev–Trinajstić information content (AvgIpc) is 3.67. The predicted molar refractivity (Wildman–Crippen MR) is 167 cm³/mol. The third-order valence-electron chi connectivity index (χ3n) is 8.98. The van der Waals surface area contributed by atoms with Gasteiger partial charge in [-0.3, -0.25) is 0 Å². The molecule has 232 valence electrons. The quantitative estimate of drug-likeness (QED) is 0.287. The van der Waals surface area contributed by atoms with Crippen molar-refractivity contribution in [3.63, 3.8) is 0 Å². The molecule has 0 bridgehead atoms. The van der Waals surface area contributed by atoms with E-state index in [4.69, 9.17) is 23.7 Å². The molecule has 2 aromatic rings. The Labute approximate surface area is 255 Å². The van der Waals surface area contributed by atoms with E-state index in [0.29, 0.717) is 19.1 Å². The van der Waals surface area contributed by atoms with Gasteiger partial charge in [-0.25, -0.2) is 4.79 Å². The fourth-order valence-corrected chi connectivity index (χ4v) is 7.06. The summed E-state index contributed by atoms with van der Waals surface area (Å²) in [5.74, 6) is 3.97. The number of ether oxygens (including phenoxy) is 5. The van der Waals surface area contributed by atoms with Gasteiger partial charge in [-0.05, 0) is 94.2 Å². The summed E-state index contributed by atoms with van der Waals surface area (Å²) in [5.41, 5.74) is 5.88. The van der Waals surface area contributed by atoms with Crippen LogP contribution in [0.3, 0.4) is 0 Å². The van der Waals surface area contributed by atoms with Crippen LogP contribution in [0.1, 0.15) is 100 Å². The lowest BCUT2D eigenvalue weighted by molar-refractivity contribution is 0.0527. The molecule has 1 N–H and O–H groups in total. The molecular weight excluding hydrogens is 544 g/mol. The number of rotatable bonds is 10. The van der Waals surface area contributed by atoms with Crippen LogP contribution >= 0.6 is 0 Å². The van der Waals surface area contributed by atoms with E-state index in [0.717, 1.165) is 61.6 Å². The van der Waals surface area contributed by atoms with Gasteiger partial charge in [-0.1, -0.05) is 31.7 Å². The minimum absolute atomic E-state index is 0.250. The molecule has 3 aliphatic heterocycles. The maximum Gasteiger partial charge on any atom is 0.407 e.